The van der Waals surface area contributed by atoms with E-state index in [1.54, 1.807) is 36.3 Å². The molecule has 3 heterocycles. The van der Waals surface area contributed by atoms with Gasteiger partial charge in [0, 0.05) is 32.4 Å². The Morgan fingerprint density at radius 3 is 2.64 bits per heavy atom. The van der Waals surface area contributed by atoms with E-state index in [2.05, 4.69) is 20.7 Å². The quantitative estimate of drug-likeness (QED) is 0.770. The first-order valence-corrected chi connectivity index (χ1v) is 8.03. The number of aliphatic hydroxyl groups excluding tert-OH is 1. The van der Waals surface area contributed by atoms with Crippen LogP contribution in [0.4, 0.5) is 16.4 Å². The number of nitrogens with one attached hydrogen (secondary N) is 2. The lowest BCUT2D eigenvalue weighted by Crippen LogP contribution is -2.42. The number of carbonyl (C=O) groups is 2. The number of aromatic nitrogens is 3. The number of anilines is 2. The molecule has 0 saturated carbocycles. The van der Waals surface area contributed by atoms with Crippen LogP contribution in [0.15, 0.2) is 30.5 Å². The number of pyridine rings is 1. The molecule has 0 aromatic carbocycles. The van der Waals surface area contributed by atoms with Crippen molar-refractivity contribution in [3.63, 3.8) is 0 Å². The van der Waals surface area contributed by atoms with Gasteiger partial charge in [-0.25, -0.2) is 9.78 Å². The number of nitrogens with zero attached hydrogens (tertiary/aromatic N) is 4. The molecule has 3 N–H and O–H groups in total. The number of aryl methyl sites for hydroxylation is 1. The van der Waals surface area contributed by atoms with Gasteiger partial charge in [0.2, 0.25) is 0 Å². The average molecular weight is 344 g/mol. The highest BCUT2D eigenvalue weighted by atomic mass is 16.3. The van der Waals surface area contributed by atoms with Crippen molar-refractivity contribution in [2.45, 2.75) is 18.9 Å². The van der Waals surface area contributed by atoms with E-state index in [1.165, 1.54) is 10.7 Å². The first kappa shape index (κ1) is 16.9. The van der Waals surface area contributed by atoms with Crippen molar-refractivity contribution in [2.75, 3.05) is 23.7 Å². The Balaban J connectivity index is 1.63. The van der Waals surface area contributed by atoms with Crippen LogP contribution >= 0.6 is 0 Å². The monoisotopic (exact) mass is 344 g/mol. The molecule has 2 aromatic heterocycles. The van der Waals surface area contributed by atoms with Crippen molar-refractivity contribution in [3.05, 3.63) is 36.2 Å². The van der Waals surface area contributed by atoms with Crippen molar-refractivity contribution >= 4 is 23.6 Å². The Labute approximate surface area is 144 Å². The SMILES string of the molecule is Cn1nc(NC(=O)N2CCC(O)CC2)cc1C(=O)Nc1ccccn1. The van der Waals surface area contributed by atoms with Crippen LogP contribution in [0.25, 0.3) is 0 Å². The van der Waals surface area contributed by atoms with E-state index in [0.29, 0.717) is 43.3 Å². The van der Waals surface area contributed by atoms with Crippen LogP contribution in [0.5, 0.6) is 0 Å². The summed E-state index contributed by atoms with van der Waals surface area (Å²) in [6.45, 7) is 0.986. The summed E-state index contributed by atoms with van der Waals surface area (Å²) >= 11 is 0. The summed E-state index contributed by atoms with van der Waals surface area (Å²) in [7, 11) is 1.63. The fourth-order valence-electron chi connectivity index (χ4n) is 2.62. The number of piperidine rings is 1. The van der Waals surface area contributed by atoms with Crippen LogP contribution in [-0.4, -0.2) is 55.9 Å². The maximum absolute atomic E-state index is 12.3. The lowest BCUT2D eigenvalue weighted by molar-refractivity contribution is 0.0970. The molecule has 2 aromatic rings. The van der Waals surface area contributed by atoms with Crippen LogP contribution in [0.2, 0.25) is 0 Å². The van der Waals surface area contributed by atoms with E-state index < -0.39 is 0 Å². The molecular formula is C16H20N6O3. The van der Waals surface area contributed by atoms with Gasteiger partial charge in [-0.05, 0) is 25.0 Å². The van der Waals surface area contributed by atoms with Gasteiger partial charge in [0.1, 0.15) is 11.5 Å². The molecule has 132 valence electrons. The summed E-state index contributed by atoms with van der Waals surface area (Å²) in [5, 5.41) is 19.0. The van der Waals surface area contributed by atoms with E-state index in [-0.39, 0.29) is 18.0 Å². The number of hydrogen-bond acceptors (Lipinski definition) is 5. The lowest BCUT2D eigenvalue weighted by Gasteiger charge is -2.29. The van der Waals surface area contributed by atoms with Crippen LogP contribution in [-0.2, 0) is 7.05 Å². The Kier molecular flexibility index (Phi) is 4.94. The highest BCUT2D eigenvalue weighted by molar-refractivity contribution is 6.03. The molecule has 3 amide bonds. The van der Waals surface area contributed by atoms with E-state index >= 15 is 0 Å². The van der Waals surface area contributed by atoms with E-state index in [1.807, 2.05) is 0 Å². The van der Waals surface area contributed by atoms with Crippen molar-refractivity contribution in [3.8, 4) is 0 Å². The molecular weight excluding hydrogens is 324 g/mol. The number of rotatable bonds is 3. The molecule has 1 aliphatic heterocycles. The highest BCUT2D eigenvalue weighted by Crippen LogP contribution is 2.14. The number of aliphatic hydroxyl groups is 1. The van der Waals surface area contributed by atoms with Crippen molar-refractivity contribution in [1.29, 1.82) is 0 Å². The zero-order chi connectivity index (χ0) is 17.8. The van der Waals surface area contributed by atoms with Gasteiger partial charge >= 0.3 is 6.03 Å². The summed E-state index contributed by atoms with van der Waals surface area (Å²) in [5.41, 5.74) is 0.301. The molecule has 1 aliphatic rings. The third-order valence-electron chi connectivity index (χ3n) is 4.01. The third-order valence-corrected chi connectivity index (χ3v) is 4.01. The first-order chi connectivity index (χ1) is 12.0. The van der Waals surface area contributed by atoms with Gasteiger partial charge in [-0.2, -0.15) is 5.10 Å². The molecule has 3 rings (SSSR count). The zero-order valence-corrected chi connectivity index (χ0v) is 13.8. The minimum absolute atomic E-state index is 0.290. The average Bonchev–Trinajstić information content (AvgIpc) is 2.96. The second-order valence-electron chi connectivity index (χ2n) is 5.86. The molecule has 9 heteroatoms. The van der Waals surface area contributed by atoms with Gasteiger partial charge in [0.25, 0.3) is 5.91 Å². The Morgan fingerprint density at radius 1 is 1.20 bits per heavy atom. The predicted octanol–water partition coefficient (Wildman–Crippen LogP) is 1.06. The molecule has 0 atom stereocenters. The molecule has 1 saturated heterocycles. The maximum atomic E-state index is 12.3. The van der Waals surface area contributed by atoms with Gasteiger partial charge in [0.15, 0.2) is 5.82 Å². The summed E-state index contributed by atoms with van der Waals surface area (Å²) in [4.78, 5) is 30.2. The maximum Gasteiger partial charge on any atom is 0.323 e. The zero-order valence-electron chi connectivity index (χ0n) is 13.8. The fourth-order valence-corrected chi connectivity index (χ4v) is 2.62. The molecule has 0 bridgehead atoms. The van der Waals surface area contributed by atoms with Crippen molar-refractivity contribution < 1.29 is 14.7 Å². The van der Waals surface area contributed by atoms with Gasteiger partial charge in [-0.1, -0.05) is 6.07 Å². The van der Waals surface area contributed by atoms with Crippen molar-refractivity contribution in [1.82, 2.24) is 19.7 Å². The molecule has 0 radical (unpaired) electrons. The van der Waals surface area contributed by atoms with Crippen LogP contribution in [0.1, 0.15) is 23.3 Å². The molecule has 25 heavy (non-hydrogen) atoms. The minimum Gasteiger partial charge on any atom is -0.393 e. The predicted molar refractivity (Wildman–Crippen MR) is 91.2 cm³/mol. The second-order valence-corrected chi connectivity index (χ2v) is 5.86. The standard InChI is InChI=1S/C16H20N6O3/c1-21-12(15(24)18-13-4-2-3-7-17-13)10-14(20-21)19-16(25)22-8-5-11(23)6-9-22/h2-4,7,10-11,23H,5-6,8-9H2,1H3,(H,17,18,24)(H,19,20,25). The van der Waals surface area contributed by atoms with Crippen LogP contribution < -0.4 is 10.6 Å². The Hall–Kier alpha value is -2.94. The number of urea groups is 1. The van der Waals surface area contributed by atoms with Gasteiger partial charge in [-0.15, -0.1) is 0 Å². The smallest absolute Gasteiger partial charge is 0.323 e. The molecule has 1 fully saturated rings. The lowest BCUT2D eigenvalue weighted by atomic mass is 10.1. The summed E-state index contributed by atoms with van der Waals surface area (Å²) < 4.78 is 1.40. The van der Waals surface area contributed by atoms with Crippen LogP contribution in [0.3, 0.4) is 0 Å². The topological polar surface area (TPSA) is 112 Å². The molecule has 0 aliphatic carbocycles. The normalized spacial score (nSPS) is 15.0. The van der Waals surface area contributed by atoms with E-state index in [9.17, 15) is 14.7 Å². The van der Waals surface area contributed by atoms with Gasteiger partial charge in [-0.3, -0.25) is 14.8 Å². The number of hydrogen-bond donors (Lipinski definition) is 3. The Morgan fingerprint density at radius 2 is 1.96 bits per heavy atom. The fraction of sp³-hybridized carbons (Fsp3) is 0.375. The highest BCUT2D eigenvalue weighted by Gasteiger charge is 2.22. The van der Waals surface area contributed by atoms with Crippen LogP contribution in [0, 0.1) is 0 Å². The number of likely N-dealkylation sites (tertiary alicyclic amines) is 1. The van der Waals surface area contributed by atoms with Crippen molar-refractivity contribution in [2.24, 2.45) is 7.05 Å². The summed E-state index contributed by atoms with van der Waals surface area (Å²) in [6, 6.07) is 6.43. The second kappa shape index (κ2) is 7.31. The number of carbonyl (C=O) groups excluding carboxylic acids is 2. The molecule has 0 unspecified atom stereocenters. The molecule has 9 nitrogen and oxygen atoms in total. The Bertz CT molecular complexity index is 752. The molecule has 0 spiro atoms. The first-order valence-electron chi connectivity index (χ1n) is 8.03. The largest absolute Gasteiger partial charge is 0.393 e. The van der Waals surface area contributed by atoms with Gasteiger partial charge in [0.05, 0.1) is 6.10 Å². The van der Waals surface area contributed by atoms with E-state index in [4.69, 9.17) is 0 Å². The third kappa shape index (κ3) is 4.13. The minimum atomic E-state index is -0.365. The van der Waals surface area contributed by atoms with E-state index in [0.717, 1.165) is 0 Å². The summed E-state index contributed by atoms with van der Waals surface area (Å²) in [5.74, 6) is 0.367. The summed E-state index contributed by atoms with van der Waals surface area (Å²) in [6.07, 6.45) is 2.36. The number of amides is 3. The van der Waals surface area contributed by atoms with Gasteiger partial charge < -0.3 is 15.3 Å².